The first kappa shape index (κ1) is 21.8. The second-order valence-electron chi connectivity index (χ2n) is 7.59. The van der Waals surface area contributed by atoms with Crippen LogP contribution < -0.4 is 15.0 Å². The minimum Gasteiger partial charge on any atom is -0.484 e. The Morgan fingerprint density at radius 1 is 0.906 bits per heavy atom. The van der Waals surface area contributed by atoms with Gasteiger partial charge in [0.25, 0.3) is 5.91 Å². The van der Waals surface area contributed by atoms with E-state index in [9.17, 15) is 4.79 Å². The maximum Gasteiger partial charge on any atom is 0.262 e. The Morgan fingerprint density at radius 3 is 2.28 bits per heavy atom. The molecule has 0 bridgehead atoms. The third-order valence-corrected chi connectivity index (χ3v) is 5.72. The number of hydrogen-bond acceptors (Lipinski definition) is 4. The van der Waals surface area contributed by atoms with E-state index < -0.39 is 0 Å². The highest BCUT2D eigenvalue weighted by Crippen LogP contribution is 2.28. The van der Waals surface area contributed by atoms with E-state index in [-0.39, 0.29) is 12.5 Å². The number of anilines is 2. The van der Waals surface area contributed by atoms with Crippen LogP contribution in [0.3, 0.4) is 0 Å². The summed E-state index contributed by atoms with van der Waals surface area (Å²) in [4.78, 5) is 17.1. The van der Waals surface area contributed by atoms with Crippen LogP contribution in [-0.4, -0.2) is 43.6 Å². The summed E-state index contributed by atoms with van der Waals surface area (Å²) in [5.74, 6) is 0.399. The molecule has 1 N–H and O–H groups in total. The Hall–Kier alpha value is -3.44. The van der Waals surface area contributed by atoms with Crippen molar-refractivity contribution in [2.45, 2.75) is 0 Å². The molecule has 1 heterocycles. The molecule has 32 heavy (non-hydrogen) atoms. The van der Waals surface area contributed by atoms with Gasteiger partial charge >= 0.3 is 0 Å². The summed E-state index contributed by atoms with van der Waals surface area (Å²) in [5.41, 5.74) is 3.99. The summed E-state index contributed by atoms with van der Waals surface area (Å²) in [7, 11) is 0. The Bertz CT molecular complexity index is 1060. The molecule has 0 unspecified atom stereocenters. The third-order valence-electron chi connectivity index (χ3n) is 5.47. The normalized spacial score (nSPS) is 13.5. The lowest BCUT2D eigenvalue weighted by molar-refractivity contribution is -0.118. The van der Waals surface area contributed by atoms with Crippen molar-refractivity contribution >= 4 is 34.6 Å². The maximum atomic E-state index is 12.5. The van der Waals surface area contributed by atoms with Gasteiger partial charge in [0.05, 0.1) is 11.4 Å². The lowest BCUT2D eigenvalue weighted by atomic mass is 10.1. The van der Waals surface area contributed by atoms with E-state index in [0.29, 0.717) is 10.8 Å². The monoisotopic (exact) mass is 447 g/mol. The molecule has 0 aliphatic carbocycles. The van der Waals surface area contributed by atoms with E-state index in [0.717, 1.165) is 48.8 Å². The number of nitrogens with one attached hydrogen (secondary N) is 1. The number of piperazine rings is 1. The molecular formula is C26H26ClN3O2. The van der Waals surface area contributed by atoms with Gasteiger partial charge in [-0.15, -0.1) is 0 Å². The number of ether oxygens (including phenoxy) is 1. The molecule has 1 aliphatic rings. The Balaban J connectivity index is 1.34. The van der Waals surface area contributed by atoms with Crippen molar-refractivity contribution in [1.82, 2.24) is 4.90 Å². The second kappa shape index (κ2) is 10.2. The highest BCUT2D eigenvalue weighted by atomic mass is 35.5. The number of carbonyl (C=O) groups is 1. The van der Waals surface area contributed by atoms with Crippen molar-refractivity contribution in [3.05, 3.63) is 96.0 Å². The molecule has 1 fully saturated rings. The topological polar surface area (TPSA) is 44.8 Å². The number of para-hydroxylation sites is 2. The quantitative estimate of drug-likeness (QED) is 0.544. The van der Waals surface area contributed by atoms with Gasteiger partial charge in [0.2, 0.25) is 0 Å². The molecule has 6 heteroatoms. The highest BCUT2D eigenvalue weighted by Gasteiger charge is 2.21. The van der Waals surface area contributed by atoms with Gasteiger partial charge in [-0.2, -0.15) is 0 Å². The summed E-state index contributed by atoms with van der Waals surface area (Å²) in [5, 5.41) is 3.61. The van der Waals surface area contributed by atoms with Gasteiger partial charge in [-0.1, -0.05) is 60.6 Å². The fraction of sp³-hybridized carbons (Fsp3) is 0.192. The number of nitrogens with zero attached hydrogens (tertiary/aromatic N) is 2. The van der Waals surface area contributed by atoms with E-state index in [1.54, 1.807) is 24.3 Å². The van der Waals surface area contributed by atoms with Crippen molar-refractivity contribution in [1.29, 1.82) is 0 Å². The van der Waals surface area contributed by atoms with Gasteiger partial charge in [0.15, 0.2) is 6.61 Å². The van der Waals surface area contributed by atoms with Crippen molar-refractivity contribution in [2.24, 2.45) is 0 Å². The molecule has 0 aromatic heterocycles. The first-order valence-corrected chi connectivity index (χ1v) is 11.0. The largest absolute Gasteiger partial charge is 0.484 e. The zero-order chi connectivity index (χ0) is 22.3. The minimum absolute atomic E-state index is 0.0688. The van der Waals surface area contributed by atoms with E-state index in [1.807, 2.05) is 42.5 Å². The summed E-state index contributed by atoms with van der Waals surface area (Å²) in [6, 6.07) is 25.1. The molecule has 1 aliphatic heterocycles. The van der Waals surface area contributed by atoms with Gasteiger partial charge in [-0.25, -0.2) is 0 Å². The number of benzene rings is 3. The third kappa shape index (κ3) is 5.42. The molecule has 5 nitrogen and oxygen atoms in total. The van der Waals surface area contributed by atoms with Gasteiger partial charge < -0.3 is 19.9 Å². The summed E-state index contributed by atoms with van der Waals surface area (Å²) < 4.78 is 5.56. The average molecular weight is 448 g/mol. The van der Waals surface area contributed by atoms with E-state index in [4.69, 9.17) is 16.3 Å². The first-order chi connectivity index (χ1) is 15.6. The van der Waals surface area contributed by atoms with Crippen LogP contribution >= 0.6 is 11.6 Å². The fourth-order valence-corrected chi connectivity index (χ4v) is 3.88. The van der Waals surface area contributed by atoms with Crippen LogP contribution in [0.25, 0.3) is 5.70 Å². The maximum absolute atomic E-state index is 12.5. The van der Waals surface area contributed by atoms with Crippen LogP contribution in [-0.2, 0) is 4.79 Å². The van der Waals surface area contributed by atoms with E-state index >= 15 is 0 Å². The summed E-state index contributed by atoms with van der Waals surface area (Å²) in [6.07, 6.45) is 0. The Kier molecular flexibility index (Phi) is 6.97. The van der Waals surface area contributed by atoms with Crippen LogP contribution in [0.5, 0.6) is 5.75 Å². The Labute approximate surface area is 193 Å². The molecule has 3 aromatic rings. The SMILES string of the molecule is C=C(c1ccccc1)N1CCN(c2ccccc2NC(=O)COc2ccc(Cl)cc2)CC1. The summed E-state index contributed by atoms with van der Waals surface area (Å²) >= 11 is 5.88. The van der Waals surface area contributed by atoms with Crippen molar-refractivity contribution < 1.29 is 9.53 Å². The number of carbonyl (C=O) groups excluding carboxylic acids is 1. The zero-order valence-electron chi connectivity index (χ0n) is 17.8. The van der Waals surface area contributed by atoms with Gasteiger partial charge in [-0.3, -0.25) is 4.79 Å². The van der Waals surface area contributed by atoms with Crippen LogP contribution in [0.2, 0.25) is 5.02 Å². The molecule has 0 spiro atoms. The highest BCUT2D eigenvalue weighted by molar-refractivity contribution is 6.30. The lowest BCUT2D eigenvalue weighted by Crippen LogP contribution is -2.45. The fourth-order valence-electron chi connectivity index (χ4n) is 3.75. The molecule has 0 saturated carbocycles. The second-order valence-corrected chi connectivity index (χ2v) is 8.03. The molecule has 164 valence electrons. The minimum atomic E-state index is -0.205. The van der Waals surface area contributed by atoms with Crippen LogP contribution in [0, 0.1) is 0 Å². The van der Waals surface area contributed by atoms with Crippen molar-refractivity contribution in [3.8, 4) is 5.75 Å². The molecule has 0 radical (unpaired) electrons. The average Bonchev–Trinajstić information content (AvgIpc) is 2.84. The molecule has 0 atom stereocenters. The predicted molar refractivity (Wildman–Crippen MR) is 131 cm³/mol. The number of hydrogen-bond donors (Lipinski definition) is 1. The number of halogens is 1. The molecule has 4 rings (SSSR count). The summed E-state index contributed by atoms with van der Waals surface area (Å²) in [6.45, 7) is 7.65. The number of amides is 1. The van der Waals surface area contributed by atoms with Gasteiger partial charge in [0.1, 0.15) is 5.75 Å². The van der Waals surface area contributed by atoms with E-state index in [1.165, 1.54) is 0 Å². The molecule has 1 saturated heterocycles. The number of rotatable bonds is 7. The standard InChI is InChI=1S/C26H26ClN3O2/c1-20(21-7-3-2-4-8-21)29-15-17-30(18-16-29)25-10-6-5-9-24(25)28-26(31)19-32-23-13-11-22(27)12-14-23/h2-14H,1,15-19H2,(H,28,31). The van der Waals surface area contributed by atoms with Crippen LogP contribution in [0.15, 0.2) is 85.4 Å². The van der Waals surface area contributed by atoms with Crippen LogP contribution in [0.1, 0.15) is 5.56 Å². The first-order valence-electron chi connectivity index (χ1n) is 10.6. The molecule has 3 aromatic carbocycles. The van der Waals surface area contributed by atoms with Gasteiger partial charge in [0, 0.05) is 36.9 Å². The smallest absolute Gasteiger partial charge is 0.262 e. The van der Waals surface area contributed by atoms with Gasteiger partial charge in [-0.05, 0) is 42.0 Å². The molecular weight excluding hydrogens is 422 g/mol. The van der Waals surface area contributed by atoms with Crippen molar-refractivity contribution in [3.63, 3.8) is 0 Å². The van der Waals surface area contributed by atoms with Crippen molar-refractivity contribution in [2.75, 3.05) is 43.0 Å². The van der Waals surface area contributed by atoms with E-state index in [2.05, 4.69) is 33.8 Å². The Morgan fingerprint density at radius 2 is 1.56 bits per heavy atom. The molecule has 1 amide bonds. The van der Waals surface area contributed by atoms with Crippen LogP contribution in [0.4, 0.5) is 11.4 Å². The predicted octanol–water partition coefficient (Wildman–Crippen LogP) is 5.15. The zero-order valence-corrected chi connectivity index (χ0v) is 18.6. The lowest BCUT2D eigenvalue weighted by Gasteiger charge is -2.39.